The number of rotatable bonds is 11. The van der Waals surface area contributed by atoms with E-state index < -0.39 is 29.9 Å². The molecule has 4 N–H and O–H groups in total. The molecule has 2 radical (unpaired) electrons. The van der Waals surface area contributed by atoms with Crippen molar-refractivity contribution in [2.24, 2.45) is 0 Å². The molecule has 0 spiro atoms. The van der Waals surface area contributed by atoms with Crippen LogP contribution in [-0.2, 0) is 59.5 Å². The molecule has 0 aliphatic carbocycles. The first-order valence-corrected chi connectivity index (χ1v) is 37.4. The number of aromatic nitrogens is 5. The van der Waals surface area contributed by atoms with Crippen LogP contribution in [0.4, 0.5) is 13.2 Å². The van der Waals surface area contributed by atoms with Crippen molar-refractivity contribution in [3.8, 4) is 56.3 Å². The van der Waals surface area contributed by atoms with E-state index in [0.717, 1.165) is 113 Å². The summed E-state index contributed by atoms with van der Waals surface area (Å²) in [6, 6.07) is 114. The quantitative estimate of drug-likeness (QED) is 0.0411. The number of halogens is 3. The van der Waals surface area contributed by atoms with E-state index in [1.165, 1.54) is 0 Å². The van der Waals surface area contributed by atoms with E-state index in [9.17, 15) is 22.3 Å². The molecule has 14 rings (SSSR count). The van der Waals surface area contributed by atoms with Crippen LogP contribution in [0.5, 0.6) is 0 Å². The van der Waals surface area contributed by atoms with Gasteiger partial charge < -0.3 is 44.4 Å². The summed E-state index contributed by atoms with van der Waals surface area (Å²) in [5, 5.41) is 26.5. The molecule has 107 heavy (non-hydrogen) atoms. The van der Waals surface area contributed by atoms with E-state index in [2.05, 4.69) is 49.2 Å². The summed E-state index contributed by atoms with van der Waals surface area (Å²) < 4.78 is 86.4. The van der Waals surface area contributed by atoms with Gasteiger partial charge in [0.2, 0.25) is 0 Å². The molecule has 5 aromatic heterocycles. The fourth-order valence-electron chi connectivity index (χ4n) is 9.60. The van der Waals surface area contributed by atoms with E-state index in [-0.39, 0.29) is 46.8 Å². The van der Waals surface area contributed by atoms with Gasteiger partial charge in [-0.1, -0.05) is 199 Å². The summed E-state index contributed by atoms with van der Waals surface area (Å²) in [4.78, 5) is 21.7. The molecule has 0 amide bonds. The van der Waals surface area contributed by atoms with Crippen LogP contribution in [0.1, 0.15) is 18.1 Å². The molecule has 0 saturated heterocycles. The number of hydrogen-bond donors (Lipinski definition) is 4. The van der Waals surface area contributed by atoms with Crippen LogP contribution in [0.25, 0.3) is 56.3 Å². The zero-order valence-electron chi connectivity index (χ0n) is 58.9. The van der Waals surface area contributed by atoms with Gasteiger partial charge in [-0.3, -0.25) is 9.54 Å². The summed E-state index contributed by atoms with van der Waals surface area (Å²) in [5.74, 6) is 0. The minimum atomic E-state index is -5.84. The molecule has 9 aromatic carbocycles. The van der Waals surface area contributed by atoms with E-state index in [0.29, 0.717) is 0 Å². The summed E-state index contributed by atoms with van der Waals surface area (Å²) >= 11 is 0. The Bertz CT molecular complexity index is 4390. The average Bonchev–Trinajstić information content (AvgIpc) is 0.768. The molecule has 0 aliphatic heterocycles. The zero-order valence-corrected chi connectivity index (χ0v) is 66.3. The van der Waals surface area contributed by atoms with Crippen molar-refractivity contribution >= 4 is 56.2 Å². The Balaban J connectivity index is 0.000000279. The maximum Gasteiger partial charge on any atom is 0.522 e. The number of aliphatic hydroxyl groups is 3. The first-order chi connectivity index (χ1) is 50.9. The van der Waals surface area contributed by atoms with Crippen LogP contribution in [0.15, 0.2) is 346 Å². The van der Waals surface area contributed by atoms with Gasteiger partial charge in [-0.05, 0) is 85.0 Å². The van der Waals surface area contributed by atoms with Gasteiger partial charge in [0.25, 0.3) is 0 Å². The minimum absolute atomic E-state index is 0. The summed E-state index contributed by atoms with van der Waals surface area (Å²) in [6.45, 7) is 5.96. The molecule has 21 heteroatoms. The normalized spacial score (nSPS) is 10.3. The largest absolute Gasteiger partial charge is 0.522 e. The number of benzene rings is 9. The van der Waals surface area contributed by atoms with E-state index in [4.69, 9.17) is 28.3 Å². The Labute approximate surface area is 652 Å². The summed E-state index contributed by atoms with van der Waals surface area (Å²) in [7, 11) is -9.78. The van der Waals surface area contributed by atoms with Crippen LogP contribution in [0, 0.1) is 38.1 Å². The van der Waals surface area contributed by atoms with Crippen LogP contribution < -0.4 is 31.8 Å². The Hall–Kier alpha value is -9.93. The number of alkyl halides is 3. The van der Waals surface area contributed by atoms with Gasteiger partial charge in [0.05, 0.1) is 5.69 Å². The van der Waals surface area contributed by atoms with Crippen molar-refractivity contribution in [3.63, 3.8) is 0 Å². The van der Waals surface area contributed by atoms with Crippen molar-refractivity contribution < 1.29 is 90.8 Å². The minimum Gasteiger partial charge on any atom is -0.400 e. The van der Waals surface area contributed by atoms with Crippen molar-refractivity contribution in [2.45, 2.75) is 26.3 Å². The van der Waals surface area contributed by atoms with Gasteiger partial charge in [-0.25, -0.2) is 0 Å². The predicted molar refractivity (Wildman–Crippen MR) is 419 cm³/mol. The molecule has 0 atom stereocenters. The molecule has 13 nitrogen and oxygen atoms in total. The van der Waals surface area contributed by atoms with Crippen molar-refractivity contribution in [1.82, 2.24) is 24.9 Å². The number of aryl methyl sites for hydroxylation is 2. The van der Waals surface area contributed by atoms with Gasteiger partial charge in [0.15, 0.2) is 14.3 Å². The molecular formula is C86H78F3Ir2N5O8P2S-4. The van der Waals surface area contributed by atoms with Crippen LogP contribution in [0.3, 0.4) is 0 Å². The third-order valence-corrected chi connectivity index (χ3v) is 21.2. The van der Waals surface area contributed by atoms with Crippen molar-refractivity contribution in [2.75, 3.05) is 20.8 Å². The Morgan fingerprint density at radius 3 is 0.935 bits per heavy atom. The fraction of sp³-hybridized carbons (Fsp3) is 0.0814. The van der Waals surface area contributed by atoms with Crippen LogP contribution >= 0.6 is 14.3 Å². The summed E-state index contributed by atoms with van der Waals surface area (Å²) in [6.07, 6.45) is 9.06. The zero-order chi connectivity index (χ0) is 75.8. The molecule has 14 aromatic rings. The molecular weight excluding hydrogens is 1770 g/mol. The second-order valence-electron chi connectivity index (χ2n) is 21.7. The average molecular weight is 1850 g/mol. The van der Waals surface area contributed by atoms with Gasteiger partial charge >= 0.3 is 15.6 Å². The number of pyridine rings is 5. The Morgan fingerprint density at radius 1 is 0.355 bits per heavy atom. The van der Waals surface area contributed by atoms with Crippen molar-refractivity contribution in [1.29, 1.82) is 0 Å². The Kier molecular flexibility index (Phi) is 39.8. The maximum atomic E-state index is 14.4. The topological polar surface area (TPSA) is 214 Å². The first kappa shape index (κ1) is 89.5. The van der Waals surface area contributed by atoms with Gasteiger partial charge in [0, 0.05) is 124 Å². The second kappa shape index (κ2) is 47.6. The third kappa shape index (κ3) is 27.7. The number of hydrogen-bond acceptors (Lipinski definition) is 12. The SMILES string of the molecule is CCO.CO.CO.Cc1ccc(-c2[c-]ccc(P(=O)(c3ccccc3)c3ccccc3)c2)nc1.Cc1ccc(-c2cccc(P(=O)(c3ccccc3)c3ccccc3)c2)nc1.O=S(=O)(O)C(F)(F)F.[Ir].[Ir].[c-]1ccccc1-c1ccccn1.[c-]1ccccc1-c1ccccn1.[c-]1ccccc1-c1ccccn1. The molecule has 0 fully saturated rings. The summed E-state index contributed by atoms with van der Waals surface area (Å²) in [5.41, 5.74) is 6.25. The van der Waals surface area contributed by atoms with Gasteiger partial charge in [-0.2, -0.15) is 21.6 Å². The van der Waals surface area contributed by atoms with Crippen LogP contribution in [0.2, 0.25) is 0 Å². The van der Waals surface area contributed by atoms with E-state index in [1.807, 2.05) is 342 Å². The third-order valence-electron chi connectivity index (χ3n) is 14.5. The number of nitrogens with zero attached hydrogens (tertiary/aromatic N) is 5. The fourth-order valence-corrected chi connectivity index (χ4v) is 15.0. The predicted octanol–water partition coefficient (Wildman–Crippen LogP) is 16.4. The molecule has 0 unspecified atom stereocenters. The first-order valence-electron chi connectivity index (χ1n) is 32.5. The monoisotopic (exact) mass is 1850 g/mol. The molecule has 0 bridgehead atoms. The van der Waals surface area contributed by atoms with Crippen molar-refractivity contribution in [3.05, 3.63) is 382 Å². The second-order valence-corrected chi connectivity index (χ2v) is 28.7. The van der Waals surface area contributed by atoms with Gasteiger partial charge in [0.1, 0.15) is 0 Å². The maximum absolute atomic E-state index is 14.4. The van der Waals surface area contributed by atoms with E-state index >= 15 is 0 Å². The molecule has 5 heterocycles. The standard InChI is InChI=1S/C24H20NOP.C24H19NOP.3C11H8N.C2H6O.CHF3O3S.2CH4O.2Ir/c2*1-19-15-16-24(25-18-19)20-9-8-14-23(17-20)27(26,21-10-4-2-5-11-21)22-12-6-3-7-13-22;3*1-2-6-10(7-3-1)11-8-4-5-9-12-11;1-2-3;2-1(3,4)8(5,6)7;2*1-2;;/h2-18H,1H3;2-8,10-18H,1H3;3*1-6,8-9H;3H,2H2,1H3;(H,5,6,7);2*2H,1H3;;/q;4*-1;;;;;;. The molecule has 554 valence electrons. The van der Waals surface area contributed by atoms with Gasteiger partial charge in [-0.15, -0.1) is 138 Å². The Morgan fingerprint density at radius 2 is 0.645 bits per heavy atom. The van der Waals surface area contributed by atoms with E-state index in [1.54, 1.807) is 25.5 Å². The van der Waals surface area contributed by atoms with Crippen LogP contribution in [-0.4, -0.2) is 79.5 Å². The smallest absolute Gasteiger partial charge is 0.400 e. The number of aliphatic hydroxyl groups excluding tert-OH is 3. The molecule has 0 aliphatic rings. The molecule has 0 saturated carbocycles.